The molecule has 1 aliphatic rings. The summed E-state index contributed by atoms with van der Waals surface area (Å²) in [6, 6.07) is 0.700. The lowest BCUT2D eigenvalue weighted by Crippen LogP contribution is -2.53. The van der Waals surface area contributed by atoms with Crippen molar-refractivity contribution in [1.29, 1.82) is 0 Å². The van der Waals surface area contributed by atoms with E-state index in [0.717, 1.165) is 39.0 Å². The minimum atomic E-state index is -0.566. The lowest BCUT2D eigenvalue weighted by Gasteiger charge is -2.37. The van der Waals surface area contributed by atoms with Crippen molar-refractivity contribution in [3.8, 4) is 0 Å². The molecule has 0 saturated carbocycles. The van der Waals surface area contributed by atoms with E-state index >= 15 is 0 Å². The fraction of sp³-hybridized carbons (Fsp3) is 0.938. The van der Waals surface area contributed by atoms with Crippen LogP contribution < -0.4 is 5.32 Å². The number of nitrogens with one attached hydrogen (secondary N) is 1. The molecule has 0 amide bonds. The molecule has 0 bridgehead atoms. The van der Waals surface area contributed by atoms with E-state index in [1.807, 2.05) is 6.92 Å². The minimum Gasteiger partial charge on any atom is -0.468 e. The minimum absolute atomic E-state index is 0.154. The number of ether oxygens (including phenoxy) is 1. The molecule has 0 aromatic rings. The molecule has 1 atom stereocenters. The highest BCUT2D eigenvalue weighted by molar-refractivity contribution is 5.80. The molecule has 0 aliphatic carbocycles. The van der Waals surface area contributed by atoms with E-state index in [9.17, 15) is 4.79 Å². The molecule has 124 valence electrons. The van der Waals surface area contributed by atoms with E-state index < -0.39 is 5.54 Å². The van der Waals surface area contributed by atoms with E-state index in [1.54, 1.807) is 0 Å². The normalized spacial score (nSPS) is 20.5. The highest BCUT2D eigenvalue weighted by Crippen LogP contribution is 2.18. The third-order valence-corrected chi connectivity index (χ3v) is 4.62. The number of hydrogen-bond acceptors (Lipinski definition) is 5. The van der Waals surface area contributed by atoms with E-state index in [2.05, 4.69) is 36.1 Å². The van der Waals surface area contributed by atoms with Crippen LogP contribution in [0.3, 0.4) is 0 Å². The Hall–Kier alpha value is -0.650. The van der Waals surface area contributed by atoms with Gasteiger partial charge in [-0.05, 0) is 66.3 Å². The maximum absolute atomic E-state index is 12.0. The highest BCUT2D eigenvalue weighted by atomic mass is 16.5. The number of piperidine rings is 1. The number of likely N-dealkylation sites (tertiary alicyclic amines) is 1. The Labute approximate surface area is 130 Å². The van der Waals surface area contributed by atoms with Crippen LogP contribution in [0.5, 0.6) is 0 Å². The first-order valence-electron chi connectivity index (χ1n) is 8.15. The van der Waals surface area contributed by atoms with Crippen molar-refractivity contribution in [1.82, 2.24) is 15.1 Å². The second-order valence-electron chi connectivity index (χ2n) is 6.54. The molecule has 0 radical (unpaired) electrons. The Balaban J connectivity index is 2.45. The van der Waals surface area contributed by atoms with Gasteiger partial charge in [-0.25, -0.2) is 0 Å². The van der Waals surface area contributed by atoms with Crippen molar-refractivity contribution in [2.24, 2.45) is 0 Å². The zero-order chi connectivity index (χ0) is 15.9. The molecule has 1 saturated heterocycles. The summed E-state index contributed by atoms with van der Waals surface area (Å²) in [5.41, 5.74) is -0.566. The van der Waals surface area contributed by atoms with E-state index in [-0.39, 0.29) is 5.97 Å². The summed E-state index contributed by atoms with van der Waals surface area (Å²) in [5, 5.41) is 3.35. The standard InChI is InChI=1S/C16H33N3O2/c1-6-10-17-16(2,15(20)21-5)9-13-19-11-7-14(8-12-19)18(3)4/h14,17H,6-13H2,1-5H3. The number of esters is 1. The largest absolute Gasteiger partial charge is 0.468 e. The smallest absolute Gasteiger partial charge is 0.325 e. The maximum atomic E-state index is 12.0. The van der Waals surface area contributed by atoms with Crippen LogP contribution in [0.4, 0.5) is 0 Å². The molecular weight excluding hydrogens is 266 g/mol. The molecule has 1 N–H and O–H groups in total. The third-order valence-electron chi connectivity index (χ3n) is 4.62. The SMILES string of the molecule is CCCNC(C)(CCN1CCC(N(C)C)CC1)C(=O)OC. The first-order chi connectivity index (χ1) is 9.92. The Morgan fingerprint density at radius 1 is 1.38 bits per heavy atom. The molecule has 1 unspecified atom stereocenters. The van der Waals surface area contributed by atoms with Crippen molar-refractivity contribution in [2.45, 2.75) is 51.1 Å². The Bertz CT molecular complexity index is 315. The van der Waals surface area contributed by atoms with Gasteiger partial charge in [0.15, 0.2) is 0 Å². The van der Waals surface area contributed by atoms with Gasteiger partial charge in [0.05, 0.1) is 7.11 Å². The first kappa shape index (κ1) is 18.4. The van der Waals surface area contributed by atoms with Gasteiger partial charge in [0.2, 0.25) is 0 Å². The molecule has 21 heavy (non-hydrogen) atoms. The number of methoxy groups -OCH3 is 1. The zero-order valence-electron chi connectivity index (χ0n) is 14.4. The second-order valence-corrected chi connectivity index (χ2v) is 6.54. The fourth-order valence-corrected chi connectivity index (χ4v) is 2.93. The topological polar surface area (TPSA) is 44.8 Å². The molecule has 5 heteroatoms. The Kier molecular flexibility index (Phi) is 7.63. The summed E-state index contributed by atoms with van der Waals surface area (Å²) in [6.45, 7) is 8.09. The van der Waals surface area contributed by atoms with Crippen LogP contribution in [0, 0.1) is 0 Å². The number of carbonyl (C=O) groups is 1. The number of carbonyl (C=O) groups excluding carboxylic acids is 1. The summed E-state index contributed by atoms with van der Waals surface area (Å²) in [5.74, 6) is -0.154. The van der Waals surface area contributed by atoms with Gasteiger partial charge in [-0.2, -0.15) is 0 Å². The van der Waals surface area contributed by atoms with E-state index in [4.69, 9.17) is 4.74 Å². The first-order valence-corrected chi connectivity index (χ1v) is 8.15. The molecule has 1 heterocycles. The fourth-order valence-electron chi connectivity index (χ4n) is 2.93. The second kappa shape index (κ2) is 8.71. The van der Waals surface area contributed by atoms with Gasteiger partial charge in [-0.3, -0.25) is 4.79 Å². The van der Waals surface area contributed by atoms with Crippen LogP contribution in [0.1, 0.15) is 39.5 Å². The van der Waals surface area contributed by atoms with E-state index in [1.165, 1.54) is 20.0 Å². The van der Waals surface area contributed by atoms with Gasteiger partial charge in [0, 0.05) is 12.6 Å². The van der Waals surface area contributed by atoms with Crippen LogP contribution in [0.15, 0.2) is 0 Å². The molecular formula is C16H33N3O2. The predicted molar refractivity (Wildman–Crippen MR) is 86.5 cm³/mol. The van der Waals surface area contributed by atoms with Gasteiger partial charge in [-0.15, -0.1) is 0 Å². The van der Waals surface area contributed by atoms with Crippen molar-refractivity contribution < 1.29 is 9.53 Å². The van der Waals surface area contributed by atoms with Gasteiger partial charge in [0.1, 0.15) is 5.54 Å². The molecule has 1 aliphatic heterocycles. The van der Waals surface area contributed by atoms with Crippen LogP contribution in [-0.4, -0.2) is 74.7 Å². The molecule has 1 rings (SSSR count). The Morgan fingerprint density at radius 3 is 2.48 bits per heavy atom. The van der Waals surface area contributed by atoms with E-state index in [0.29, 0.717) is 6.04 Å². The number of rotatable bonds is 8. The van der Waals surface area contributed by atoms with Crippen LogP contribution in [0.2, 0.25) is 0 Å². The lowest BCUT2D eigenvalue weighted by molar-refractivity contribution is -0.148. The van der Waals surface area contributed by atoms with Crippen molar-refractivity contribution in [2.75, 3.05) is 47.4 Å². The molecule has 1 fully saturated rings. The lowest BCUT2D eigenvalue weighted by atomic mass is 9.96. The summed E-state index contributed by atoms with van der Waals surface area (Å²) in [7, 11) is 5.78. The van der Waals surface area contributed by atoms with Crippen LogP contribution in [0.25, 0.3) is 0 Å². The average molecular weight is 299 g/mol. The van der Waals surface area contributed by atoms with Gasteiger partial charge in [-0.1, -0.05) is 6.92 Å². The monoisotopic (exact) mass is 299 g/mol. The number of nitrogens with zero attached hydrogens (tertiary/aromatic N) is 2. The van der Waals surface area contributed by atoms with Gasteiger partial charge >= 0.3 is 5.97 Å². The van der Waals surface area contributed by atoms with Crippen molar-refractivity contribution in [3.05, 3.63) is 0 Å². The summed E-state index contributed by atoms with van der Waals surface area (Å²) < 4.78 is 4.97. The Morgan fingerprint density at radius 2 is 2.00 bits per heavy atom. The zero-order valence-corrected chi connectivity index (χ0v) is 14.4. The molecule has 5 nitrogen and oxygen atoms in total. The third kappa shape index (κ3) is 5.57. The van der Waals surface area contributed by atoms with Gasteiger partial charge < -0.3 is 19.9 Å². The summed E-state index contributed by atoms with van der Waals surface area (Å²) in [6.07, 6.45) is 4.24. The van der Waals surface area contributed by atoms with Crippen molar-refractivity contribution >= 4 is 5.97 Å². The predicted octanol–water partition coefficient (Wildman–Crippen LogP) is 1.33. The highest BCUT2D eigenvalue weighted by Gasteiger charge is 2.34. The quantitative estimate of drug-likeness (QED) is 0.685. The van der Waals surface area contributed by atoms with Crippen LogP contribution in [-0.2, 0) is 9.53 Å². The molecule has 0 aromatic carbocycles. The van der Waals surface area contributed by atoms with Crippen molar-refractivity contribution in [3.63, 3.8) is 0 Å². The number of hydrogen-bond donors (Lipinski definition) is 1. The molecule has 0 aromatic heterocycles. The summed E-state index contributed by atoms with van der Waals surface area (Å²) in [4.78, 5) is 16.8. The van der Waals surface area contributed by atoms with Gasteiger partial charge in [0.25, 0.3) is 0 Å². The van der Waals surface area contributed by atoms with Crippen LogP contribution >= 0.6 is 0 Å². The average Bonchev–Trinajstić information content (AvgIpc) is 2.50. The summed E-state index contributed by atoms with van der Waals surface area (Å²) >= 11 is 0. The molecule has 0 spiro atoms. The maximum Gasteiger partial charge on any atom is 0.325 e.